The number of rotatable bonds is 3. The molecule has 0 unspecified atom stereocenters. The van der Waals surface area contributed by atoms with Crippen molar-refractivity contribution in [3.8, 4) is 0 Å². The molecule has 1 atom stereocenters. The molecule has 0 bridgehead atoms. The highest BCUT2D eigenvalue weighted by Crippen LogP contribution is 2.22. The first-order valence-electron chi connectivity index (χ1n) is 6.93. The summed E-state index contributed by atoms with van der Waals surface area (Å²) in [5, 5.41) is 3.80. The van der Waals surface area contributed by atoms with Gasteiger partial charge < -0.3 is 14.2 Å². The monoisotopic (exact) mass is 280 g/mol. The highest BCUT2D eigenvalue weighted by atomic mass is 16.5. The predicted octanol–water partition coefficient (Wildman–Crippen LogP) is 1.71. The van der Waals surface area contributed by atoms with E-state index in [1.165, 1.54) is 0 Å². The normalized spacial score (nSPS) is 18.9. The average Bonchev–Trinajstić information content (AvgIpc) is 2.78. The molecule has 1 aliphatic rings. The number of carbonyl (C=O) groups excluding carboxylic acids is 2. The van der Waals surface area contributed by atoms with Crippen LogP contribution in [-0.2, 0) is 9.53 Å². The summed E-state index contributed by atoms with van der Waals surface area (Å²) in [5.74, 6) is -0.0436. The summed E-state index contributed by atoms with van der Waals surface area (Å²) in [7, 11) is 0. The molecule has 1 saturated heterocycles. The molecule has 1 aromatic rings. The maximum atomic E-state index is 12.5. The summed E-state index contributed by atoms with van der Waals surface area (Å²) in [4.78, 5) is 26.0. The van der Waals surface area contributed by atoms with Crippen molar-refractivity contribution in [2.24, 2.45) is 5.92 Å². The Balaban J connectivity index is 2.09. The average molecular weight is 280 g/mol. The topological polar surface area (TPSA) is 72.6 Å². The summed E-state index contributed by atoms with van der Waals surface area (Å²) in [6.07, 6.45) is 1.57. The first kappa shape index (κ1) is 14.6. The van der Waals surface area contributed by atoms with Crippen molar-refractivity contribution in [3.63, 3.8) is 0 Å². The summed E-state index contributed by atoms with van der Waals surface area (Å²) in [6, 6.07) is 0. The summed E-state index contributed by atoms with van der Waals surface area (Å²) in [6.45, 7) is 6.68. The maximum Gasteiger partial charge on any atom is 0.310 e. The second-order valence-corrected chi connectivity index (χ2v) is 5.04. The largest absolute Gasteiger partial charge is 0.466 e. The molecule has 0 aromatic carbocycles. The fourth-order valence-corrected chi connectivity index (χ4v) is 2.56. The molecule has 6 heteroatoms. The summed E-state index contributed by atoms with van der Waals surface area (Å²) < 4.78 is 10.1. The maximum absolute atomic E-state index is 12.5. The number of esters is 1. The van der Waals surface area contributed by atoms with E-state index in [0.29, 0.717) is 36.7 Å². The van der Waals surface area contributed by atoms with Crippen LogP contribution in [0.25, 0.3) is 0 Å². The Morgan fingerprint density at radius 1 is 1.45 bits per heavy atom. The highest BCUT2D eigenvalue weighted by Gasteiger charge is 2.31. The molecule has 1 fully saturated rings. The van der Waals surface area contributed by atoms with Crippen molar-refractivity contribution < 1.29 is 18.8 Å². The van der Waals surface area contributed by atoms with Crippen LogP contribution in [0.15, 0.2) is 4.52 Å². The van der Waals surface area contributed by atoms with Crippen LogP contribution in [0, 0.1) is 19.8 Å². The Bertz CT molecular complexity index is 490. The molecule has 0 aliphatic carbocycles. The Morgan fingerprint density at radius 3 is 2.80 bits per heavy atom. The van der Waals surface area contributed by atoms with Crippen LogP contribution in [0.4, 0.5) is 0 Å². The van der Waals surface area contributed by atoms with Gasteiger partial charge in [-0.15, -0.1) is 0 Å². The lowest BCUT2D eigenvalue weighted by molar-refractivity contribution is -0.149. The van der Waals surface area contributed by atoms with Gasteiger partial charge >= 0.3 is 5.97 Å². The van der Waals surface area contributed by atoms with E-state index in [4.69, 9.17) is 9.26 Å². The molecule has 0 spiro atoms. The third-order valence-corrected chi connectivity index (χ3v) is 3.58. The number of aryl methyl sites for hydroxylation is 2. The van der Waals surface area contributed by atoms with Gasteiger partial charge in [0.15, 0.2) is 0 Å². The second kappa shape index (κ2) is 6.07. The minimum atomic E-state index is -0.229. The molecular weight excluding hydrogens is 260 g/mol. The number of ether oxygens (including phenoxy) is 1. The Hall–Kier alpha value is -1.85. The van der Waals surface area contributed by atoms with Gasteiger partial charge in [-0.05, 0) is 33.6 Å². The van der Waals surface area contributed by atoms with E-state index in [2.05, 4.69) is 5.16 Å². The lowest BCUT2D eigenvalue weighted by atomic mass is 9.97. The number of piperidine rings is 1. The molecule has 2 heterocycles. The van der Waals surface area contributed by atoms with E-state index in [-0.39, 0.29) is 17.8 Å². The molecular formula is C14H20N2O4. The van der Waals surface area contributed by atoms with Gasteiger partial charge in [-0.1, -0.05) is 5.16 Å². The van der Waals surface area contributed by atoms with Gasteiger partial charge in [-0.2, -0.15) is 0 Å². The van der Waals surface area contributed by atoms with Crippen LogP contribution in [0.2, 0.25) is 0 Å². The molecule has 110 valence electrons. The van der Waals surface area contributed by atoms with Gasteiger partial charge in [0.2, 0.25) is 0 Å². The van der Waals surface area contributed by atoms with Gasteiger partial charge in [0.1, 0.15) is 11.3 Å². The van der Waals surface area contributed by atoms with Gasteiger partial charge in [0.25, 0.3) is 5.91 Å². The first-order valence-corrected chi connectivity index (χ1v) is 6.93. The molecule has 1 aromatic heterocycles. The van der Waals surface area contributed by atoms with Crippen LogP contribution in [0.3, 0.4) is 0 Å². The summed E-state index contributed by atoms with van der Waals surface area (Å²) >= 11 is 0. The minimum absolute atomic E-state index is 0.116. The zero-order valence-corrected chi connectivity index (χ0v) is 12.1. The predicted molar refractivity (Wildman–Crippen MR) is 71.2 cm³/mol. The van der Waals surface area contributed by atoms with Crippen molar-refractivity contribution in [3.05, 3.63) is 17.0 Å². The molecule has 0 N–H and O–H groups in total. The number of likely N-dealkylation sites (tertiary alicyclic amines) is 1. The highest BCUT2D eigenvalue weighted by molar-refractivity contribution is 5.96. The molecule has 6 nitrogen and oxygen atoms in total. The number of carbonyl (C=O) groups is 2. The Morgan fingerprint density at radius 2 is 2.20 bits per heavy atom. The third-order valence-electron chi connectivity index (χ3n) is 3.58. The third kappa shape index (κ3) is 2.84. The van der Waals surface area contributed by atoms with E-state index in [9.17, 15) is 9.59 Å². The smallest absolute Gasteiger partial charge is 0.310 e. The molecule has 1 aliphatic heterocycles. The van der Waals surface area contributed by atoms with Crippen LogP contribution >= 0.6 is 0 Å². The fraction of sp³-hybridized carbons (Fsp3) is 0.643. The molecule has 0 saturated carbocycles. The van der Waals surface area contributed by atoms with Crippen LogP contribution in [-0.4, -0.2) is 41.6 Å². The fourth-order valence-electron chi connectivity index (χ4n) is 2.56. The first-order chi connectivity index (χ1) is 9.54. The van der Waals surface area contributed by atoms with Gasteiger partial charge in [-0.25, -0.2) is 0 Å². The van der Waals surface area contributed by atoms with E-state index < -0.39 is 0 Å². The number of hydrogen-bond donors (Lipinski definition) is 0. The molecule has 20 heavy (non-hydrogen) atoms. The van der Waals surface area contributed by atoms with Crippen molar-refractivity contribution in [1.82, 2.24) is 10.1 Å². The van der Waals surface area contributed by atoms with Gasteiger partial charge in [0.05, 0.1) is 18.2 Å². The number of nitrogens with zero attached hydrogens (tertiary/aromatic N) is 2. The minimum Gasteiger partial charge on any atom is -0.466 e. The van der Waals surface area contributed by atoms with Crippen molar-refractivity contribution >= 4 is 11.9 Å². The zero-order chi connectivity index (χ0) is 14.7. The zero-order valence-electron chi connectivity index (χ0n) is 12.1. The van der Waals surface area contributed by atoms with E-state index in [0.717, 1.165) is 12.8 Å². The van der Waals surface area contributed by atoms with Crippen LogP contribution in [0.5, 0.6) is 0 Å². The van der Waals surface area contributed by atoms with Crippen LogP contribution in [0.1, 0.15) is 41.6 Å². The second-order valence-electron chi connectivity index (χ2n) is 5.04. The lowest BCUT2D eigenvalue weighted by Gasteiger charge is -2.31. The van der Waals surface area contributed by atoms with Crippen LogP contribution < -0.4 is 0 Å². The SMILES string of the molecule is CCOC(=O)[C@H]1CCCN(C(=O)c2c(C)noc2C)C1. The van der Waals surface area contributed by atoms with E-state index >= 15 is 0 Å². The summed E-state index contributed by atoms with van der Waals surface area (Å²) in [5.41, 5.74) is 1.10. The molecule has 1 amide bonds. The number of hydrogen-bond acceptors (Lipinski definition) is 5. The van der Waals surface area contributed by atoms with E-state index in [1.807, 2.05) is 0 Å². The number of aromatic nitrogens is 1. The van der Waals surface area contributed by atoms with Crippen molar-refractivity contribution in [1.29, 1.82) is 0 Å². The lowest BCUT2D eigenvalue weighted by Crippen LogP contribution is -2.43. The Kier molecular flexibility index (Phi) is 4.42. The molecule has 0 radical (unpaired) electrons. The Labute approximate surface area is 118 Å². The standard InChI is InChI=1S/C14H20N2O4/c1-4-19-14(18)11-6-5-7-16(8-11)13(17)12-9(2)15-20-10(12)3/h11H,4-8H2,1-3H3/t11-/m0/s1. The van der Waals surface area contributed by atoms with Gasteiger partial charge in [0, 0.05) is 13.1 Å². The molecule has 2 rings (SSSR count). The van der Waals surface area contributed by atoms with Crippen molar-refractivity contribution in [2.45, 2.75) is 33.6 Å². The number of amides is 1. The van der Waals surface area contributed by atoms with Crippen molar-refractivity contribution in [2.75, 3.05) is 19.7 Å². The van der Waals surface area contributed by atoms with Gasteiger partial charge in [-0.3, -0.25) is 9.59 Å². The quantitative estimate of drug-likeness (QED) is 0.788. The van der Waals surface area contributed by atoms with E-state index in [1.54, 1.807) is 25.7 Å².